The average Bonchev–Trinajstić information content (AvgIpc) is 2.30. The lowest BCUT2D eigenvalue weighted by molar-refractivity contribution is -0.385. The number of nitrogens with zero attached hydrogens (tertiary/aromatic N) is 1. The third kappa shape index (κ3) is 6.62. The molecule has 5 heteroatoms. The van der Waals surface area contributed by atoms with Crippen molar-refractivity contribution < 1.29 is 14.5 Å². The molecule has 0 fully saturated rings. The first kappa shape index (κ1) is 16.1. The molecule has 0 saturated heterocycles. The van der Waals surface area contributed by atoms with Gasteiger partial charge in [0, 0.05) is 18.1 Å². The molecule has 0 aliphatic carbocycles. The zero-order chi connectivity index (χ0) is 14.0. The maximum absolute atomic E-state index is 10.4. The predicted molar refractivity (Wildman–Crippen MR) is 69.4 cm³/mol. The van der Waals surface area contributed by atoms with Crippen LogP contribution in [0.25, 0.3) is 0 Å². The second-order valence-corrected chi connectivity index (χ2v) is 3.60. The lowest BCUT2D eigenvalue weighted by atomic mass is 10.2. The Morgan fingerprint density at radius 3 is 2.33 bits per heavy atom. The Labute approximate surface area is 107 Å². The molecule has 1 aromatic carbocycles. The first-order valence-corrected chi connectivity index (χ1v) is 5.88. The van der Waals surface area contributed by atoms with Crippen molar-refractivity contribution >= 4 is 11.7 Å². The molecule has 18 heavy (non-hydrogen) atoms. The van der Waals surface area contributed by atoms with Gasteiger partial charge in [-0.15, -0.1) is 0 Å². The SMILES string of the molecule is CCCC(=O)OCC.Cc1ccccc1[N+](=O)[O-]. The summed E-state index contributed by atoms with van der Waals surface area (Å²) in [5.41, 5.74) is 0.884. The Morgan fingerprint density at radius 2 is 1.94 bits per heavy atom. The summed E-state index contributed by atoms with van der Waals surface area (Å²) in [7, 11) is 0. The van der Waals surface area contributed by atoms with Gasteiger partial charge in [0.25, 0.3) is 5.69 Å². The maximum Gasteiger partial charge on any atom is 0.305 e. The molecular weight excluding hydrogens is 234 g/mol. The van der Waals surface area contributed by atoms with Crippen LogP contribution in [0.1, 0.15) is 32.3 Å². The van der Waals surface area contributed by atoms with Gasteiger partial charge in [-0.05, 0) is 20.3 Å². The number of nitro benzene ring substituents is 1. The van der Waals surface area contributed by atoms with E-state index in [2.05, 4.69) is 4.74 Å². The van der Waals surface area contributed by atoms with Crippen molar-refractivity contribution in [2.45, 2.75) is 33.6 Å². The van der Waals surface area contributed by atoms with Crippen LogP contribution in [0.2, 0.25) is 0 Å². The minimum atomic E-state index is -0.380. The molecule has 0 aliphatic rings. The summed E-state index contributed by atoms with van der Waals surface area (Å²) in [6.45, 7) is 5.99. The Hall–Kier alpha value is -1.91. The summed E-state index contributed by atoms with van der Waals surface area (Å²) in [5.74, 6) is -0.0880. The van der Waals surface area contributed by atoms with E-state index in [4.69, 9.17) is 0 Å². The maximum atomic E-state index is 10.4. The Morgan fingerprint density at radius 1 is 1.33 bits per heavy atom. The van der Waals surface area contributed by atoms with E-state index >= 15 is 0 Å². The zero-order valence-corrected chi connectivity index (χ0v) is 11.0. The van der Waals surface area contributed by atoms with E-state index in [1.54, 1.807) is 25.1 Å². The number of nitro groups is 1. The van der Waals surface area contributed by atoms with Crippen molar-refractivity contribution in [2.24, 2.45) is 0 Å². The number of esters is 1. The first-order valence-electron chi connectivity index (χ1n) is 5.88. The number of carbonyl (C=O) groups excluding carboxylic acids is 1. The van der Waals surface area contributed by atoms with Gasteiger partial charge in [-0.2, -0.15) is 0 Å². The van der Waals surface area contributed by atoms with E-state index in [0.29, 0.717) is 18.6 Å². The van der Waals surface area contributed by atoms with Gasteiger partial charge in [0.1, 0.15) is 0 Å². The fourth-order valence-corrected chi connectivity index (χ4v) is 1.21. The van der Waals surface area contributed by atoms with Gasteiger partial charge < -0.3 is 4.74 Å². The van der Waals surface area contributed by atoms with Gasteiger partial charge in [0.2, 0.25) is 0 Å². The molecule has 5 nitrogen and oxygen atoms in total. The van der Waals surface area contributed by atoms with Crippen LogP contribution in [-0.4, -0.2) is 17.5 Å². The van der Waals surface area contributed by atoms with E-state index in [1.165, 1.54) is 6.07 Å². The van der Waals surface area contributed by atoms with Crippen LogP contribution >= 0.6 is 0 Å². The molecule has 1 rings (SSSR count). The molecule has 0 aliphatic heterocycles. The van der Waals surface area contributed by atoms with Gasteiger partial charge in [-0.25, -0.2) is 0 Å². The summed E-state index contributed by atoms with van der Waals surface area (Å²) in [4.78, 5) is 20.3. The standard InChI is InChI=1S/C7H7NO2.C6H12O2/c1-6-4-2-3-5-7(6)8(9)10;1-3-5-6(7)8-4-2/h2-5H,1H3;3-5H2,1-2H3. The number of rotatable bonds is 4. The van der Waals surface area contributed by atoms with Gasteiger partial charge >= 0.3 is 5.97 Å². The zero-order valence-electron chi connectivity index (χ0n) is 11.0. The molecule has 0 heterocycles. The van der Waals surface area contributed by atoms with Crippen molar-refractivity contribution in [1.29, 1.82) is 0 Å². The van der Waals surface area contributed by atoms with Crippen LogP contribution in [0.5, 0.6) is 0 Å². The van der Waals surface area contributed by atoms with Crippen molar-refractivity contribution in [3.8, 4) is 0 Å². The molecule has 0 spiro atoms. The fraction of sp³-hybridized carbons (Fsp3) is 0.462. The molecule has 0 aromatic heterocycles. The van der Waals surface area contributed by atoms with Crippen LogP contribution in [-0.2, 0) is 9.53 Å². The van der Waals surface area contributed by atoms with Gasteiger partial charge in [0.05, 0.1) is 11.5 Å². The average molecular weight is 253 g/mol. The molecule has 0 unspecified atom stereocenters. The quantitative estimate of drug-likeness (QED) is 0.469. The summed E-state index contributed by atoms with van der Waals surface area (Å²) >= 11 is 0. The number of aryl methyl sites for hydroxylation is 1. The molecule has 0 bridgehead atoms. The Balaban J connectivity index is 0.000000331. The number of hydrogen-bond acceptors (Lipinski definition) is 4. The molecule has 1 aromatic rings. The summed E-state index contributed by atoms with van der Waals surface area (Å²) in [6, 6.07) is 6.65. The largest absolute Gasteiger partial charge is 0.466 e. The van der Waals surface area contributed by atoms with Gasteiger partial charge in [0.15, 0.2) is 0 Å². The molecular formula is C13H19NO4. The monoisotopic (exact) mass is 253 g/mol. The molecule has 0 N–H and O–H groups in total. The number of benzene rings is 1. The smallest absolute Gasteiger partial charge is 0.305 e. The summed E-state index contributed by atoms with van der Waals surface area (Å²) in [6.07, 6.45) is 1.42. The highest BCUT2D eigenvalue weighted by Gasteiger charge is 2.05. The number of carbonyl (C=O) groups is 1. The van der Waals surface area contributed by atoms with E-state index in [0.717, 1.165) is 6.42 Å². The topological polar surface area (TPSA) is 69.4 Å². The van der Waals surface area contributed by atoms with E-state index in [-0.39, 0.29) is 16.6 Å². The highest BCUT2D eigenvalue weighted by molar-refractivity contribution is 5.69. The minimum Gasteiger partial charge on any atom is -0.466 e. The third-order valence-corrected chi connectivity index (χ3v) is 2.07. The van der Waals surface area contributed by atoms with Crippen molar-refractivity contribution in [1.82, 2.24) is 0 Å². The van der Waals surface area contributed by atoms with Crippen molar-refractivity contribution in [3.63, 3.8) is 0 Å². The number of hydrogen-bond donors (Lipinski definition) is 0. The molecule has 100 valence electrons. The van der Waals surface area contributed by atoms with Crippen LogP contribution in [0.15, 0.2) is 24.3 Å². The van der Waals surface area contributed by atoms with Gasteiger partial charge in [-0.3, -0.25) is 14.9 Å². The summed E-state index contributed by atoms with van der Waals surface area (Å²) < 4.78 is 4.64. The summed E-state index contributed by atoms with van der Waals surface area (Å²) in [5, 5.41) is 10.2. The second kappa shape index (κ2) is 9.15. The second-order valence-electron chi connectivity index (χ2n) is 3.60. The van der Waals surface area contributed by atoms with Gasteiger partial charge in [-0.1, -0.05) is 25.1 Å². The van der Waals surface area contributed by atoms with Crippen molar-refractivity contribution in [2.75, 3.05) is 6.61 Å². The number of ether oxygens (including phenoxy) is 1. The molecule has 0 radical (unpaired) electrons. The lowest BCUT2D eigenvalue weighted by Gasteiger charge is -1.96. The molecule has 0 amide bonds. The normalized spacial score (nSPS) is 9.06. The fourth-order valence-electron chi connectivity index (χ4n) is 1.21. The van der Waals surface area contributed by atoms with Crippen LogP contribution in [0.4, 0.5) is 5.69 Å². The number of para-hydroxylation sites is 1. The van der Waals surface area contributed by atoms with Crippen LogP contribution < -0.4 is 0 Å². The van der Waals surface area contributed by atoms with Crippen LogP contribution in [0.3, 0.4) is 0 Å². The van der Waals surface area contributed by atoms with E-state index in [1.807, 2.05) is 13.8 Å². The Bertz CT molecular complexity index is 382. The van der Waals surface area contributed by atoms with Crippen LogP contribution in [0, 0.1) is 17.0 Å². The highest BCUT2D eigenvalue weighted by Crippen LogP contribution is 2.14. The third-order valence-electron chi connectivity index (χ3n) is 2.07. The highest BCUT2D eigenvalue weighted by atomic mass is 16.6. The van der Waals surface area contributed by atoms with E-state index < -0.39 is 0 Å². The predicted octanol–water partition coefficient (Wildman–Crippen LogP) is 3.25. The van der Waals surface area contributed by atoms with Crippen molar-refractivity contribution in [3.05, 3.63) is 39.9 Å². The minimum absolute atomic E-state index is 0.0880. The lowest BCUT2D eigenvalue weighted by Crippen LogP contribution is -2.01. The molecule has 0 atom stereocenters. The first-order chi connectivity index (χ1) is 8.52. The Kier molecular flexibility index (Phi) is 8.18. The van der Waals surface area contributed by atoms with E-state index in [9.17, 15) is 14.9 Å². The molecule has 0 saturated carbocycles.